The number of carboxylic acid groups (broad SMARTS) is 1. The van der Waals surface area contributed by atoms with Gasteiger partial charge in [0.2, 0.25) is 0 Å². The van der Waals surface area contributed by atoms with E-state index < -0.39 is 5.97 Å². The zero-order chi connectivity index (χ0) is 15.4. The highest BCUT2D eigenvalue weighted by atomic mass is 16.4. The number of carbonyl (C=O) groups is 2. The monoisotopic (exact) mass is 294 g/mol. The molecule has 1 aliphatic rings. The van der Waals surface area contributed by atoms with Gasteiger partial charge in [0, 0.05) is 45.4 Å². The zero-order valence-electron chi connectivity index (χ0n) is 12.5. The molecule has 1 fully saturated rings. The number of urea groups is 1. The molecule has 0 spiro atoms. The first-order valence-corrected chi connectivity index (χ1v) is 7.15. The highest BCUT2D eigenvalue weighted by Crippen LogP contribution is 2.20. The molecule has 1 atom stereocenters. The van der Waals surface area contributed by atoms with Gasteiger partial charge in [0.1, 0.15) is 0 Å². The van der Waals surface area contributed by atoms with E-state index in [1.54, 1.807) is 27.7 Å². The van der Waals surface area contributed by atoms with Crippen molar-refractivity contribution in [1.29, 1.82) is 0 Å². The van der Waals surface area contributed by atoms with Gasteiger partial charge < -0.3 is 14.9 Å². The van der Waals surface area contributed by atoms with Crippen LogP contribution in [0.2, 0.25) is 0 Å². The molecule has 0 radical (unpaired) electrons. The lowest BCUT2D eigenvalue weighted by molar-refractivity contribution is -0.138. The molecule has 0 aromatic carbocycles. The minimum absolute atomic E-state index is 0.0473. The molecule has 7 heteroatoms. The predicted octanol–water partition coefficient (Wildman–Crippen LogP) is 1.16. The number of nitrogens with zero attached hydrogens (tertiary/aromatic N) is 4. The predicted molar refractivity (Wildman–Crippen MR) is 76.6 cm³/mol. The number of carbonyl (C=O) groups excluding carboxylic acids is 1. The number of aryl methyl sites for hydroxylation is 1. The van der Waals surface area contributed by atoms with Crippen molar-refractivity contribution in [2.24, 2.45) is 13.0 Å². The Labute approximate surface area is 124 Å². The molecule has 0 aliphatic carbocycles. The van der Waals surface area contributed by atoms with E-state index in [0.717, 1.165) is 18.4 Å². The first-order valence-electron chi connectivity index (χ1n) is 7.15. The van der Waals surface area contributed by atoms with E-state index in [2.05, 4.69) is 5.10 Å². The van der Waals surface area contributed by atoms with Gasteiger partial charge in [-0.15, -0.1) is 0 Å². The Kier molecular flexibility index (Phi) is 4.82. The first-order chi connectivity index (χ1) is 9.95. The van der Waals surface area contributed by atoms with Gasteiger partial charge >= 0.3 is 12.0 Å². The topological polar surface area (TPSA) is 78.7 Å². The molecule has 116 valence electrons. The first kappa shape index (κ1) is 15.3. The van der Waals surface area contributed by atoms with E-state index in [1.807, 2.05) is 13.2 Å². The Morgan fingerprint density at radius 2 is 2.29 bits per heavy atom. The summed E-state index contributed by atoms with van der Waals surface area (Å²) in [5.74, 6) is -0.731. The van der Waals surface area contributed by atoms with E-state index in [0.29, 0.717) is 19.6 Å². The molecule has 1 unspecified atom stereocenters. The van der Waals surface area contributed by atoms with Crippen LogP contribution in [0.1, 0.15) is 24.8 Å². The molecule has 1 aromatic rings. The van der Waals surface area contributed by atoms with Crippen molar-refractivity contribution < 1.29 is 14.7 Å². The van der Waals surface area contributed by atoms with Gasteiger partial charge in [-0.25, -0.2) is 4.79 Å². The molecular formula is C14H22N4O3. The van der Waals surface area contributed by atoms with Crippen LogP contribution in [0.3, 0.4) is 0 Å². The van der Waals surface area contributed by atoms with Gasteiger partial charge in [-0.3, -0.25) is 9.48 Å². The number of piperidine rings is 1. The largest absolute Gasteiger partial charge is 0.481 e. The Bertz CT molecular complexity index is 514. The van der Waals surface area contributed by atoms with Crippen LogP contribution in [0.25, 0.3) is 0 Å². The quantitative estimate of drug-likeness (QED) is 0.903. The zero-order valence-corrected chi connectivity index (χ0v) is 12.5. The average molecular weight is 294 g/mol. The lowest BCUT2D eigenvalue weighted by atomic mass is 9.95. The maximum atomic E-state index is 12.4. The van der Waals surface area contributed by atoms with Crippen LogP contribution in [0.15, 0.2) is 12.4 Å². The number of hydrogen-bond donors (Lipinski definition) is 1. The van der Waals surface area contributed by atoms with E-state index in [-0.39, 0.29) is 18.4 Å². The van der Waals surface area contributed by atoms with E-state index in [1.165, 1.54) is 0 Å². The van der Waals surface area contributed by atoms with Crippen LogP contribution in [-0.2, 0) is 18.4 Å². The molecule has 2 amide bonds. The highest BCUT2D eigenvalue weighted by molar-refractivity contribution is 5.74. The summed E-state index contributed by atoms with van der Waals surface area (Å²) < 4.78 is 1.71. The van der Waals surface area contributed by atoms with Gasteiger partial charge in [0.25, 0.3) is 0 Å². The molecule has 1 saturated heterocycles. The number of rotatable bonds is 4. The summed E-state index contributed by atoms with van der Waals surface area (Å²) >= 11 is 0. The highest BCUT2D eigenvalue weighted by Gasteiger charge is 2.27. The van der Waals surface area contributed by atoms with Crippen LogP contribution in [0.5, 0.6) is 0 Å². The fourth-order valence-corrected chi connectivity index (χ4v) is 2.79. The Morgan fingerprint density at radius 3 is 2.90 bits per heavy atom. The van der Waals surface area contributed by atoms with Gasteiger partial charge in [0.15, 0.2) is 0 Å². The summed E-state index contributed by atoms with van der Waals surface area (Å²) in [5.41, 5.74) is 0.979. The molecule has 1 aliphatic heterocycles. The molecule has 2 rings (SSSR count). The van der Waals surface area contributed by atoms with Crippen molar-refractivity contribution in [3.05, 3.63) is 18.0 Å². The summed E-state index contributed by atoms with van der Waals surface area (Å²) in [6.45, 7) is 1.74. The SMILES string of the molecule is CN(Cc1cnn(C)c1)C(=O)N1CCCC(CC(=O)O)C1. The van der Waals surface area contributed by atoms with Crippen LogP contribution >= 0.6 is 0 Å². The van der Waals surface area contributed by atoms with E-state index in [9.17, 15) is 9.59 Å². The van der Waals surface area contributed by atoms with Crippen LogP contribution in [0.4, 0.5) is 4.79 Å². The number of carboxylic acids is 1. The standard InChI is InChI=1S/C14H22N4O3/c1-16(8-12-7-15-17(2)9-12)14(21)18-5-3-4-11(10-18)6-13(19)20/h7,9,11H,3-6,8,10H2,1-2H3,(H,19,20). The smallest absolute Gasteiger partial charge is 0.320 e. The van der Waals surface area contributed by atoms with Gasteiger partial charge in [-0.05, 0) is 18.8 Å². The van der Waals surface area contributed by atoms with Crippen molar-refractivity contribution in [2.45, 2.75) is 25.8 Å². The molecule has 1 aromatic heterocycles. The minimum atomic E-state index is -0.794. The average Bonchev–Trinajstić information content (AvgIpc) is 2.82. The molecule has 7 nitrogen and oxygen atoms in total. The van der Waals surface area contributed by atoms with Crippen molar-refractivity contribution in [3.8, 4) is 0 Å². The van der Waals surface area contributed by atoms with Gasteiger partial charge in [-0.1, -0.05) is 0 Å². The molecular weight excluding hydrogens is 272 g/mol. The van der Waals surface area contributed by atoms with Crippen molar-refractivity contribution in [1.82, 2.24) is 19.6 Å². The van der Waals surface area contributed by atoms with Crippen LogP contribution in [-0.4, -0.2) is 56.8 Å². The number of likely N-dealkylation sites (tertiary alicyclic amines) is 1. The second-order valence-electron chi connectivity index (χ2n) is 5.71. The molecule has 2 heterocycles. The summed E-state index contributed by atoms with van der Waals surface area (Å²) in [6, 6.07) is -0.0473. The molecule has 21 heavy (non-hydrogen) atoms. The minimum Gasteiger partial charge on any atom is -0.481 e. The third-order valence-electron chi connectivity index (χ3n) is 3.76. The molecule has 1 N–H and O–H groups in total. The maximum Gasteiger partial charge on any atom is 0.320 e. The van der Waals surface area contributed by atoms with Gasteiger partial charge in [0.05, 0.1) is 12.7 Å². The van der Waals surface area contributed by atoms with Crippen LogP contribution in [0, 0.1) is 5.92 Å². The summed E-state index contributed by atoms with van der Waals surface area (Å²) in [4.78, 5) is 26.6. The van der Waals surface area contributed by atoms with Crippen molar-refractivity contribution >= 4 is 12.0 Å². The number of hydrogen-bond acceptors (Lipinski definition) is 3. The second-order valence-corrected chi connectivity index (χ2v) is 5.71. The Balaban J connectivity index is 1.90. The lowest BCUT2D eigenvalue weighted by Gasteiger charge is -2.34. The fourth-order valence-electron chi connectivity index (χ4n) is 2.79. The molecule has 0 saturated carbocycles. The Hall–Kier alpha value is -2.05. The third kappa shape index (κ3) is 4.21. The fraction of sp³-hybridized carbons (Fsp3) is 0.643. The van der Waals surface area contributed by atoms with Crippen LogP contribution < -0.4 is 0 Å². The number of amides is 2. The summed E-state index contributed by atoms with van der Waals surface area (Å²) in [5, 5.41) is 13.0. The normalized spacial score (nSPS) is 18.6. The molecule has 0 bridgehead atoms. The number of aromatic nitrogens is 2. The van der Waals surface area contributed by atoms with E-state index >= 15 is 0 Å². The van der Waals surface area contributed by atoms with E-state index in [4.69, 9.17) is 5.11 Å². The summed E-state index contributed by atoms with van der Waals surface area (Å²) in [7, 11) is 3.60. The maximum absolute atomic E-state index is 12.4. The third-order valence-corrected chi connectivity index (χ3v) is 3.76. The Morgan fingerprint density at radius 1 is 1.52 bits per heavy atom. The second kappa shape index (κ2) is 6.60. The van der Waals surface area contributed by atoms with Crippen molar-refractivity contribution in [3.63, 3.8) is 0 Å². The summed E-state index contributed by atoms with van der Waals surface area (Å²) in [6.07, 6.45) is 5.50. The van der Waals surface area contributed by atoms with Crippen molar-refractivity contribution in [2.75, 3.05) is 20.1 Å². The van der Waals surface area contributed by atoms with Gasteiger partial charge in [-0.2, -0.15) is 5.10 Å². The lowest BCUT2D eigenvalue weighted by Crippen LogP contribution is -2.46. The number of aliphatic carboxylic acids is 1.